The number of nitrogens with zero attached hydrogens (tertiary/aromatic N) is 1. The summed E-state index contributed by atoms with van der Waals surface area (Å²) in [7, 11) is 0. The zero-order valence-corrected chi connectivity index (χ0v) is 8.02. The first-order chi connectivity index (χ1) is 5.93. The summed E-state index contributed by atoms with van der Waals surface area (Å²) < 4.78 is 0. The molecule has 1 fully saturated rings. The molecule has 2 nitrogen and oxygen atoms in total. The minimum atomic E-state index is 1.07. The van der Waals surface area contributed by atoms with Crippen LogP contribution in [0.1, 0.15) is 38.5 Å². The smallest absolute Gasteiger partial charge is 0.0131 e. The molecule has 0 aromatic rings. The molecule has 0 bridgehead atoms. The number of rotatable bonds is 5. The van der Waals surface area contributed by atoms with E-state index >= 15 is 0 Å². The van der Waals surface area contributed by atoms with Crippen molar-refractivity contribution in [2.45, 2.75) is 38.5 Å². The lowest BCUT2D eigenvalue weighted by Crippen LogP contribution is -2.41. The van der Waals surface area contributed by atoms with Crippen molar-refractivity contribution in [1.29, 1.82) is 0 Å². The molecule has 1 rings (SSSR count). The Balaban J connectivity index is 1.91. The van der Waals surface area contributed by atoms with Crippen molar-refractivity contribution in [3.63, 3.8) is 0 Å². The minimum absolute atomic E-state index is 1.07. The zero-order valence-electron chi connectivity index (χ0n) is 8.02. The van der Waals surface area contributed by atoms with E-state index in [-0.39, 0.29) is 0 Å². The number of unbranched alkanes of at least 4 members (excludes halogenated alkanes) is 2. The van der Waals surface area contributed by atoms with E-state index in [1.165, 1.54) is 45.2 Å². The molecule has 0 spiro atoms. The van der Waals surface area contributed by atoms with Gasteiger partial charge in [0.1, 0.15) is 0 Å². The molecule has 1 heterocycles. The first-order valence-electron chi connectivity index (χ1n) is 5.21. The number of hydrogen-bond acceptors (Lipinski definition) is 2. The molecule has 1 radical (unpaired) electrons. The summed E-state index contributed by atoms with van der Waals surface area (Å²) in [6.45, 7) is 7.44. The first kappa shape index (κ1) is 10.0. The summed E-state index contributed by atoms with van der Waals surface area (Å²) >= 11 is 0. The Hall–Kier alpha value is -0.0800. The normalized spacial score (nSPS) is 19.8. The predicted octanol–water partition coefficient (Wildman–Crippen LogP) is 1.98. The molecule has 2 heteroatoms. The van der Waals surface area contributed by atoms with Gasteiger partial charge in [0.05, 0.1) is 0 Å². The average molecular weight is 169 g/mol. The maximum atomic E-state index is 3.83. The fraction of sp³-hybridized carbons (Fsp3) is 0.900. The fourth-order valence-corrected chi connectivity index (χ4v) is 1.59. The molecule has 0 unspecified atom stereocenters. The molecular formula is C10H21N2. The van der Waals surface area contributed by atoms with Gasteiger partial charge in [0, 0.05) is 19.6 Å². The highest BCUT2D eigenvalue weighted by molar-refractivity contribution is 4.60. The van der Waals surface area contributed by atoms with Crippen LogP contribution in [-0.4, -0.2) is 24.6 Å². The third kappa shape index (κ3) is 4.07. The Labute approximate surface area is 76.3 Å². The second-order valence-electron chi connectivity index (χ2n) is 3.52. The maximum Gasteiger partial charge on any atom is 0.0131 e. The molecule has 71 valence electrons. The van der Waals surface area contributed by atoms with Crippen molar-refractivity contribution in [2.24, 2.45) is 0 Å². The van der Waals surface area contributed by atoms with Gasteiger partial charge in [0.2, 0.25) is 0 Å². The molecule has 1 N–H and O–H groups in total. The fourth-order valence-electron chi connectivity index (χ4n) is 1.59. The lowest BCUT2D eigenvalue weighted by atomic mass is 10.2. The van der Waals surface area contributed by atoms with Gasteiger partial charge >= 0.3 is 0 Å². The van der Waals surface area contributed by atoms with Gasteiger partial charge in [0.25, 0.3) is 0 Å². The third-order valence-corrected chi connectivity index (χ3v) is 2.37. The quantitative estimate of drug-likeness (QED) is 0.633. The number of nitrogens with one attached hydrogen (secondary N) is 1. The van der Waals surface area contributed by atoms with Gasteiger partial charge in [-0.1, -0.05) is 26.2 Å². The van der Waals surface area contributed by atoms with Crippen LogP contribution in [0, 0.1) is 6.92 Å². The van der Waals surface area contributed by atoms with E-state index in [4.69, 9.17) is 0 Å². The molecule has 0 atom stereocenters. The molecule has 0 aliphatic carbocycles. The van der Waals surface area contributed by atoms with Crippen molar-refractivity contribution >= 4 is 0 Å². The Morgan fingerprint density at radius 1 is 1.08 bits per heavy atom. The molecule has 0 aromatic carbocycles. The average Bonchev–Trinajstić information content (AvgIpc) is 2.14. The van der Waals surface area contributed by atoms with Gasteiger partial charge in [-0.05, 0) is 19.3 Å². The Morgan fingerprint density at radius 3 is 2.50 bits per heavy atom. The number of hydrazine groups is 1. The zero-order chi connectivity index (χ0) is 8.65. The molecule has 0 saturated carbocycles. The topological polar surface area (TPSA) is 15.3 Å². The van der Waals surface area contributed by atoms with Crippen LogP contribution in [0.25, 0.3) is 0 Å². The van der Waals surface area contributed by atoms with Gasteiger partial charge < -0.3 is 0 Å². The largest absolute Gasteiger partial charge is 0.255 e. The van der Waals surface area contributed by atoms with Gasteiger partial charge in [-0.3, -0.25) is 5.43 Å². The highest BCUT2D eigenvalue weighted by Crippen LogP contribution is 2.05. The highest BCUT2D eigenvalue weighted by Gasteiger charge is 2.07. The summed E-state index contributed by atoms with van der Waals surface area (Å²) in [6, 6.07) is 0. The van der Waals surface area contributed by atoms with Gasteiger partial charge in [-0.25, -0.2) is 5.01 Å². The molecule has 1 aliphatic heterocycles. The second kappa shape index (κ2) is 6.44. The Kier molecular flexibility index (Phi) is 5.37. The van der Waals surface area contributed by atoms with Gasteiger partial charge in [-0.15, -0.1) is 0 Å². The van der Waals surface area contributed by atoms with Crippen LogP contribution in [0.3, 0.4) is 0 Å². The predicted molar refractivity (Wildman–Crippen MR) is 52.6 cm³/mol. The monoisotopic (exact) mass is 169 g/mol. The van der Waals surface area contributed by atoms with Crippen LogP contribution in [-0.2, 0) is 0 Å². The van der Waals surface area contributed by atoms with Crippen molar-refractivity contribution < 1.29 is 0 Å². The van der Waals surface area contributed by atoms with Crippen molar-refractivity contribution in [3.05, 3.63) is 6.92 Å². The van der Waals surface area contributed by atoms with E-state index in [0.29, 0.717) is 0 Å². The summed E-state index contributed by atoms with van der Waals surface area (Å²) in [5, 5.41) is 2.37. The van der Waals surface area contributed by atoms with Crippen LogP contribution in [0.2, 0.25) is 0 Å². The lowest BCUT2D eigenvalue weighted by Gasteiger charge is -2.27. The van der Waals surface area contributed by atoms with Crippen LogP contribution < -0.4 is 5.43 Å². The lowest BCUT2D eigenvalue weighted by molar-refractivity contribution is 0.153. The maximum absolute atomic E-state index is 3.83. The molecule has 1 aliphatic rings. The van der Waals surface area contributed by atoms with Crippen LogP contribution in [0.4, 0.5) is 0 Å². The molecule has 0 amide bonds. The van der Waals surface area contributed by atoms with E-state index in [9.17, 15) is 0 Å². The van der Waals surface area contributed by atoms with Crippen LogP contribution >= 0.6 is 0 Å². The molecular weight excluding hydrogens is 148 g/mol. The molecule has 0 aromatic heterocycles. The van der Waals surface area contributed by atoms with Crippen LogP contribution in [0.5, 0.6) is 0 Å². The van der Waals surface area contributed by atoms with Gasteiger partial charge in [-0.2, -0.15) is 0 Å². The van der Waals surface area contributed by atoms with Crippen LogP contribution in [0.15, 0.2) is 0 Å². The number of hydrogen-bond donors (Lipinski definition) is 1. The van der Waals surface area contributed by atoms with E-state index < -0.39 is 0 Å². The molecule has 1 saturated heterocycles. The Bertz CT molecular complexity index is 98.0. The number of piperidine rings is 1. The second-order valence-corrected chi connectivity index (χ2v) is 3.52. The summed E-state index contributed by atoms with van der Waals surface area (Å²) in [5.41, 5.74) is 3.46. The Morgan fingerprint density at radius 2 is 1.83 bits per heavy atom. The van der Waals surface area contributed by atoms with Crippen molar-refractivity contribution in [1.82, 2.24) is 10.4 Å². The molecule has 12 heavy (non-hydrogen) atoms. The summed E-state index contributed by atoms with van der Waals surface area (Å²) in [6.07, 6.45) is 7.73. The summed E-state index contributed by atoms with van der Waals surface area (Å²) in [5.74, 6) is 0. The van der Waals surface area contributed by atoms with E-state index in [0.717, 1.165) is 13.0 Å². The minimum Gasteiger partial charge on any atom is -0.255 e. The third-order valence-electron chi connectivity index (χ3n) is 2.37. The first-order valence-corrected chi connectivity index (χ1v) is 5.21. The van der Waals surface area contributed by atoms with E-state index in [1.807, 2.05) is 0 Å². The SMILES string of the molecule is [CH2]CCCCNN1CCCCC1. The summed E-state index contributed by atoms with van der Waals surface area (Å²) in [4.78, 5) is 0. The van der Waals surface area contributed by atoms with E-state index in [2.05, 4.69) is 17.4 Å². The van der Waals surface area contributed by atoms with Crippen molar-refractivity contribution in [2.75, 3.05) is 19.6 Å². The van der Waals surface area contributed by atoms with E-state index in [1.54, 1.807) is 0 Å². The highest BCUT2D eigenvalue weighted by atomic mass is 15.5. The standard InChI is InChI=1S/C10H21N2/c1-2-3-5-8-11-12-9-6-4-7-10-12/h11H,1-10H2. The van der Waals surface area contributed by atoms with Crippen molar-refractivity contribution in [3.8, 4) is 0 Å². The van der Waals surface area contributed by atoms with Gasteiger partial charge in [0.15, 0.2) is 0 Å².